The van der Waals surface area contributed by atoms with Crippen molar-refractivity contribution in [3.8, 4) is 22.9 Å². The van der Waals surface area contributed by atoms with Crippen molar-refractivity contribution >= 4 is 11.6 Å². The molecule has 1 fully saturated rings. The highest BCUT2D eigenvalue weighted by atomic mass is 16.5. The number of likely N-dealkylation sites (tertiary alicyclic amines) is 1. The molecule has 10 nitrogen and oxygen atoms in total. The Hall–Kier alpha value is -3.92. The Morgan fingerprint density at radius 1 is 1.11 bits per heavy atom. The highest BCUT2D eigenvalue weighted by Crippen LogP contribution is 2.30. The number of benzene rings is 1. The van der Waals surface area contributed by atoms with E-state index in [0.717, 1.165) is 48.4 Å². The molecule has 0 aliphatic carbocycles. The van der Waals surface area contributed by atoms with Crippen LogP contribution in [-0.2, 0) is 13.6 Å². The molecule has 0 atom stereocenters. The van der Waals surface area contributed by atoms with Crippen molar-refractivity contribution < 1.29 is 4.74 Å². The summed E-state index contributed by atoms with van der Waals surface area (Å²) in [5.41, 5.74) is 11.3. The highest BCUT2D eigenvalue weighted by Gasteiger charge is 2.20. The van der Waals surface area contributed by atoms with Gasteiger partial charge >= 0.3 is 0 Å². The van der Waals surface area contributed by atoms with Crippen LogP contribution in [0.25, 0.3) is 11.3 Å². The number of hydrogen-bond acceptors (Lipinski definition) is 8. The van der Waals surface area contributed by atoms with E-state index in [4.69, 9.17) is 15.5 Å². The van der Waals surface area contributed by atoms with Crippen LogP contribution in [0, 0.1) is 13.8 Å². The van der Waals surface area contributed by atoms with Crippen molar-refractivity contribution in [2.75, 3.05) is 31.2 Å². The molecule has 0 spiro atoms. The summed E-state index contributed by atoms with van der Waals surface area (Å²) in [5.74, 6) is 1.99. The zero-order valence-electron chi connectivity index (χ0n) is 21.3. The van der Waals surface area contributed by atoms with Gasteiger partial charge in [0.15, 0.2) is 11.6 Å². The van der Waals surface area contributed by atoms with Crippen LogP contribution < -0.4 is 15.8 Å². The number of rotatable bonds is 7. The number of anilines is 2. The number of aromatic nitrogens is 6. The lowest BCUT2D eigenvalue weighted by molar-refractivity contribution is 0.212. The maximum atomic E-state index is 6.11. The summed E-state index contributed by atoms with van der Waals surface area (Å²) in [6, 6.07) is 6.57. The fourth-order valence-electron chi connectivity index (χ4n) is 4.65. The number of nitrogens with one attached hydrogen (secondary N) is 1. The fraction of sp³-hybridized carbons (Fsp3) is 0.385. The van der Waals surface area contributed by atoms with Crippen LogP contribution in [0.5, 0.6) is 11.6 Å². The van der Waals surface area contributed by atoms with Gasteiger partial charge in [0.1, 0.15) is 5.82 Å². The summed E-state index contributed by atoms with van der Waals surface area (Å²) in [6.45, 7) is 7.03. The largest absolute Gasteiger partial charge is 0.433 e. The van der Waals surface area contributed by atoms with E-state index in [1.54, 1.807) is 17.1 Å². The van der Waals surface area contributed by atoms with E-state index in [9.17, 15) is 0 Å². The Balaban J connectivity index is 1.32. The lowest BCUT2D eigenvalue weighted by Crippen LogP contribution is -2.31. The van der Waals surface area contributed by atoms with Gasteiger partial charge in [-0.15, -0.1) is 0 Å². The molecule has 0 amide bonds. The minimum atomic E-state index is 0.246. The normalized spacial score (nSPS) is 14.8. The molecule has 36 heavy (non-hydrogen) atoms. The second-order valence-electron chi connectivity index (χ2n) is 9.55. The van der Waals surface area contributed by atoms with Gasteiger partial charge in [-0.2, -0.15) is 10.2 Å². The van der Waals surface area contributed by atoms with Crippen LogP contribution >= 0.6 is 0 Å². The minimum Gasteiger partial charge on any atom is -0.433 e. The van der Waals surface area contributed by atoms with Gasteiger partial charge in [-0.25, -0.2) is 9.97 Å². The van der Waals surface area contributed by atoms with Crippen LogP contribution in [-0.4, -0.2) is 54.6 Å². The Bertz CT molecular complexity index is 1330. The number of nitrogens with two attached hydrogens (primary N) is 1. The lowest BCUT2D eigenvalue weighted by Gasteiger charge is -2.28. The van der Waals surface area contributed by atoms with Crippen molar-refractivity contribution in [1.29, 1.82) is 0 Å². The molecule has 4 heterocycles. The molecule has 1 saturated heterocycles. The third kappa shape index (κ3) is 5.18. The Labute approximate surface area is 211 Å². The SMILES string of the molecule is Cc1cc(-c2cnc(N)c(Oc3cnn(C4CCN(C)CC4)c3)n2)cc(C)c1CNc1ccn(C)n1. The molecule has 5 rings (SSSR count). The van der Waals surface area contributed by atoms with Gasteiger partial charge in [0.2, 0.25) is 0 Å². The molecule has 0 saturated carbocycles. The molecule has 4 aromatic rings. The second kappa shape index (κ2) is 9.98. The van der Waals surface area contributed by atoms with Gasteiger partial charge in [-0.1, -0.05) is 0 Å². The molecule has 0 bridgehead atoms. The Kier molecular flexibility index (Phi) is 6.60. The van der Waals surface area contributed by atoms with Gasteiger partial charge in [0.25, 0.3) is 5.88 Å². The molecule has 10 heteroatoms. The average Bonchev–Trinajstić information content (AvgIpc) is 3.49. The second-order valence-corrected chi connectivity index (χ2v) is 9.55. The van der Waals surface area contributed by atoms with Crippen molar-refractivity contribution in [2.45, 2.75) is 39.3 Å². The van der Waals surface area contributed by atoms with Gasteiger partial charge in [-0.3, -0.25) is 9.36 Å². The van der Waals surface area contributed by atoms with E-state index in [2.05, 4.69) is 58.4 Å². The van der Waals surface area contributed by atoms with Gasteiger partial charge in [-0.05, 0) is 75.6 Å². The van der Waals surface area contributed by atoms with E-state index >= 15 is 0 Å². The van der Waals surface area contributed by atoms with Crippen molar-refractivity contribution in [2.24, 2.45) is 7.05 Å². The third-order valence-electron chi connectivity index (χ3n) is 6.77. The first-order valence-corrected chi connectivity index (χ1v) is 12.2. The van der Waals surface area contributed by atoms with Gasteiger partial charge in [0.05, 0.1) is 30.3 Å². The first-order valence-electron chi connectivity index (χ1n) is 12.2. The first kappa shape index (κ1) is 23.8. The number of nitrogens with zero attached hydrogens (tertiary/aromatic N) is 7. The van der Waals surface area contributed by atoms with Crippen LogP contribution in [0.2, 0.25) is 0 Å². The minimum absolute atomic E-state index is 0.246. The molecule has 188 valence electrons. The van der Waals surface area contributed by atoms with Crippen LogP contribution in [0.4, 0.5) is 11.6 Å². The molecule has 3 aromatic heterocycles. The van der Waals surface area contributed by atoms with Crippen LogP contribution in [0.15, 0.2) is 43.0 Å². The molecule has 1 aliphatic heterocycles. The highest BCUT2D eigenvalue weighted by molar-refractivity contribution is 5.64. The maximum Gasteiger partial charge on any atom is 0.263 e. The molecule has 1 aliphatic rings. The van der Waals surface area contributed by atoms with E-state index < -0.39 is 0 Å². The first-order chi connectivity index (χ1) is 17.4. The summed E-state index contributed by atoms with van der Waals surface area (Å²) in [7, 11) is 4.06. The predicted octanol–water partition coefficient (Wildman–Crippen LogP) is 3.94. The maximum absolute atomic E-state index is 6.11. The van der Waals surface area contributed by atoms with Crippen LogP contribution in [0.3, 0.4) is 0 Å². The van der Waals surface area contributed by atoms with E-state index in [0.29, 0.717) is 24.0 Å². The van der Waals surface area contributed by atoms with Crippen molar-refractivity contribution in [3.05, 3.63) is 59.7 Å². The summed E-state index contributed by atoms with van der Waals surface area (Å²) in [4.78, 5) is 11.4. The zero-order valence-corrected chi connectivity index (χ0v) is 21.3. The van der Waals surface area contributed by atoms with Gasteiger partial charge < -0.3 is 20.7 Å². The molecule has 3 N–H and O–H groups in total. The Morgan fingerprint density at radius 2 is 1.86 bits per heavy atom. The smallest absolute Gasteiger partial charge is 0.263 e. The molecule has 1 aromatic carbocycles. The molecule has 0 radical (unpaired) electrons. The molecular weight excluding hydrogens is 454 g/mol. The van der Waals surface area contributed by atoms with Crippen LogP contribution in [0.1, 0.15) is 35.6 Å². The number of nitrogen functional groups attached to an aromatic ring is 1. The van der Waals surface area contributed by atoms with E-state index in [1.807, 2.05) is 30.2 Å². The number of piperidine rings is 1. The summed E-state index contributed by atoms with van der Waals surface area (Å²) in [6.07, 6.45) is 9.38. The quantitative estimate of drug-likeness (QED) is 0.403. The number of hydrogen-bond donors (Lipinski definition) is 2. The number of aryl methyl sites for hydroxylation is 3. The molecule has 0 unspecified atom stereocenters. The Morgan fingerprint density at radius 3 is 2.56 bits per heavy atom. The van der Waals surface area contributed by atoms with Gasteiger partial charge in [0, 0.05) is 31.4 Å². The summed E-state index contributed by atoms with van der Waals surface area (Å²) >= 11 is 0. The summed E-state index contributed by atoms with van der Waals surface area (Å²) < 4.78 is 9.79. The van der Waals surface area contributed by atoms with E-state index in [1.165, 1.54) is 5.56 Å². The van der Waals surface area contributed by atoms with E-state index in [-0.39, 0.29) is 11.7 Å². The fourth-order valence-corrected chi connectivity index (χ4v) is 4.65. The molecular formula is C26H33N9O. The number of ether oxygens (including phenoxy) is 1. The predicted molar refractivity (Wildman–Crippen MR) is 140 cm³/mol. The average molecular weight is 488 g/mol. The monoisotopic (exact) mass is 487 g/mol. The standard InChI is InChI=1S/C26H33N9O/c1-17-11-19(12-18(2)22(17)14-28-24-7-10-34(4)32-24)23-15-29-25(27)26(31-23)36-21-13-30-35(16-21)20-5-8-33(3)9-6-20/h7,10-13,15-16,20H,5-6,8-9,14H2,1-4H3,(H2,27,29)(H,28,32). The zero-order chi connectivity index (χ0) is 25.2. The summed E-state index contributed by atoms with van der Waals surface area (Å²) in [5, 5.41) is 12.3. The topological polar surface area (TPSA) is 112 Å². The lowest BCUT2D eigenvalue weighted by atomic mass is 9.98. The third-order valence-corrected chi connectivity index (χ3v) is 6.77. The van der Waals surface area contributed by atoms with Crippen molar-refractivity contribution in [1.82, 2.24) is 34.4 Å². The van der Waals surface area contributed by atoms with Crippen molar-refractivity contribution in [3.63, 3.8) is 0 Å².